The van der Waals surface area contributed by atoms with Crippen LogP contribution in [0.5, 0.6) is 0 Å². The van der Waals surface area contributed by atoms with Crippen LogP contribution < -0.4 is 10.6 Å². The van der Waals surface area contributed by atoms with Crippen LogP contribution in [0.3, 0.4) is 0 Å². The van der Waals surface area contributed by atoms with E-state index in [1.165, 1.54) is 14.0 Å². The number of aryl methyl sites for hydroxylation is 1. The number of ether oxygens (including phenoxy) is 1. The molecule has 2 amide bonds. The molecule has 2 aromatic rings. The third-order valence-corrected chi connectivity index (χ3v) is 3.92. The Bertz CT molecular complexity index is 817. The highest BCUT2D eigenvalue weighted by atomic mass is 16.5. The highest BCUT2D eigenvalue weighted by molar-refractivity contribution is 5.98. The smallest absolute Gasteiger partial charge is 0.328 e. The van der Waals surface area contributed by atoms with Crippen molar-refractivity contribution >= 4 is 23.5 Å². The minimum Gasteiger partial charge on any atom is -0.467 e. The van der Waals surface area contributed by atoms with Crippen LogP contribution in [0.2, 0.25) is 0 Å². The van der Waals surface area contributed by atoms with Gasteiger partial charge in [-0.05, 0) is 36.2 Å². The van der Waals surface area contributed by atoms with E-state index in [4.69, 9.17) is 4.74 Å². The monoisotopic (exact) mass is 354 g/mol. The van der Waals surface area contributed by atoms with E-state index in [2.05, 4.69) is 10.6 Å². The lowest BCUT2D eigenvalue weighted by atomic mass is 10.0. The van der Waals surface area contributed by atoms with Gasteiger partial charge in [0, 0.05) is 24.6 Å². The summed E-state index contributed by atoms with van der Waals surface area (Å²) in [4.78, 5) is 35.8. The predicted octanol–water partition coefficient (Wildman–Crippen LogP) is 2.47. The summed E-state index contributed by atoms with van der Waals surface area (Å²) in [6, 6.07) is 13.4. The Morgan fingerprint density at radius 2 is 1.81 bits per heavy atom. The molecule has 0 spiro atoms. The molecule has 1 atom stereocenters. The van der Waals surface area contributed by atoms with Crippen molar-refractivity contribution in [3.8, 4) is 0 Å². The number of carbonyl (C=O) groups is 3. The van der Waals surface area contributed by atoms with Crippen molar-refractivity contribution in [1.82, 2.24) is 5.32 Å². The Kier molecular flexibility index (Phi) is 6.49. The molecule has 0 saturated carbocycles. The average molecular weight is 354 g/mol. The first-order valence-electron chi connectivity index (χ1n) is 8.21. The quantitative estimate of drug-likeness (QED) is 0.781. The van der Waals surface area contributed by atoms with Crippen LogP contribution >= 0.6 is 0 Å². The molecule has 0 unspecified atom stereocenters. The molecule has 0 aromatic heterocycles. The molecule has 2 N–H and O–H groups in total. The molecule has 0 radical (unpaired) electrons. The first-order valence-corrected chi connectivity index (χ1v) is 8.21. The number of hydrogen-bond donors (Lipinski definition) is 2. The van der Waals surface area contributed by atoms with Gasteiger partial charge in [-0.25, -0.2) is 4.79 Å². The summed E-state index contributed by atoms with van der Waals surface area (Å²) in [6.07, 6.45) is 0.330. The topological polar surface area (TPSA) is 84.5 Å². The van der Waals surface area contributed by atoms with Gasteiger partial charge in [0.25, 0.3) is 5.91 Å². The predicted molar refractivity (Wildman–Crippen MR) is 98.9 cm³/mol. The van der Waals surface area contributed by atoms with Crippen LogP contribution in [-0.4, -0.2) is 30.9 Å². The second kappa shape index (κ2) is 8.80. The van der Waals surface area contributed by atoms with Crippen LogP contribution in [0.15, 0.2) is 48.5 Å². The van der Waals surface area contributed by atoms with Crippen LogP contribution in [-0.2, 0) is 20.7 Å². The fourth-order valence-corrected chi connectivity index (χ4v) is 2.58. The van der Waals surface area contributed by atoms with Crippen LogP contribution in [0.25, 0.3) is 0 Å². The van der Waals surface area contributed by atoms with E-state index in [1.807, 2.05) is 31.2 Å². The van der Waals surface area contributed by atoms with Crippen LogP contribution in [0, 0.1) is 6.92 Å². The summed E-state index contributed by atoms with van der Waals surface area (Å²) in [5.41, 5.74) is 2.84. The van der Waals surface area contributed by atoms with Gasteiger partial charge in [0.2, 0.25) is 5.91 Å². The standard InChI is InChI=1S/C20H22N2O4/c1-13-7-4-5-8-15(13)12-18(20(25)26-3)22-19(24)16-9-6-10-17(11-16)21-14(2)23/h4-11,18H,12H2,1-3H3,(H,21,23)(H,22,24)/t18-/m1/s1. The Hall–Kier alpha value is -3.15. The number of rotatable bonds is 6. The SMILES string of the molecule is COC(=O)[C@@H](Cc1ccccc1C)NC(=O)c1cccc(NC(C)=O)c1. The lowest BCUT2D eigenvalue weighted by Gasteiger charge is -2.18. The number of hydrogen-bond acceptors (Lipinski definition) is 4. The summed E-state index contributed by atoms with van der Waals surface area (Å²) in [6.45, 7) is 3.34. The molecule has 0 fully saturated rings. The number of benzene rings is 2. The molecule has 26 heavy (non-hydrogen) atoms. The van der Waals surface area contributed by atoms with Crippen LogP contribution in [0.1, 0.15) is 28.4 Å². The van der Waals surface area contributed by atoms with Gasteiger partial charge in [-0.15, -0.1) is 0 Å². The van der Waals surface area contributed by atoms with Crippen molar-refractivity contribution in [2.24, 2.45) is 0 Å². The highest BCUT2D eigenvalue weighted by Crippen LogP contribution is 2.13. The summed E-state index contributed by atoms with van der Waals surface area (Å²) < 4.78 is 4.83. The molecule has 6 nitrogen and oxygen atoms in total. The van der Waals surface area contributed by atoms with Gasteiger partial charge in [0.05, 0.1) is 7.11 Å². The van der Waals surface area contributed by atoms with Gasteiger partial charge in [-0.2, -0.15) is 0 Å². The lowest BCUT2D eigenvalue weighted by Crippen LogP contribution is -2.43. The molecule has 6 heteroatoms. The van der Waals surface area contributed by atoms with Gasteiger partial charge >= 0.3 is 5.97 Å². The molecule has 0 heterocycles. The van der Waals surface area contributed by atoms with E-state index >= 15 is 0 Å². The van der Waals surface area contributed by atoms with Gasteiger partial charge in [-0.1, -0.05) is 30.3 Å². The maximum Gasteiger partial charge on any atom is 0.328 e. The molecule has 2 aromatic carbocycles. The third kappa shape index (κ3) is 5.17. The minimum atomic E-state index is -0.807. The van der Waals surface area contributed by atoms with Gasteiger partial charge in [0.1, 0.15) is 6.04 Å². The van der Waals surface area contributed by atoms with Crippen LogP contribution in [0.4, 0.5) is 5.69 Å². The third-order valence-electron chi connectivity index (χ3n) is 3.92. The molecule has 0 aliphatic rings. The molecule has 136 valence electrons. The maximum absolute atomic E-state index is 12.6. The number of esters is 1. The molecule has 0 aliphatic carbocycles. The summed E-state index contributed by atoms with van der Waals surface area (Å²) >= 11 is 0. The summed E-state index contributed by atoms with van der Waals surface area (Å²) in [7, 11) is 1.29. The Morgan fingerprint density at radius 1 is 1.08 bits per heavy atom. The molecular weight excluding hydrogens is 332 g/mol. The van der Waals surface area contributed by atoms with E-state index in [0.29, 0.717) is 17.7 Å². The average Bonchev–Trinajstić information content (AvgIpc) is 2.61. The number of methoxy groups -OCH3 is 1. The fraction of sp³-hybridized carbons (Fsp3) is 0.250. The molecule has 0 saturated heterocycles. The second-order valence-corrected chi connectivity index (χ2v) is 5.94. The number of nitrogens with one attached hydrogen (secondary N) is 2. The molecule has 0 bridgehead atoms. The summed E-state index contributed by atoms with van der Waals surface area (Å²) in [5, 5.41) is 5.34. The number of amides is 2. The van der Waals surface area contributed by atoms with Crippen molar-refractivity contribution < 1.29 is 19.1 Å². The fourth-order valence-electron chi connectivity index (χ4n) is 2.58. The number of carbonyl (C=O) groups excluding carboxylic acids is 3. The van der Waals surface area contributed by atoms with E-state index in [0.717, 1.165) is 11.1 Å². The van der Waals surface area contributed by atoms with Crippen molar-refractivity contribution in [2.75, 3.05) is 12.4 Å². The number of anilines is 1. The normalized spacial score (nSPS) is 11.3. The minimum absolute atomic E-state index is 0.227. The Labute approximate surface area is 152 Å². The molecule has 0 aliphatic heterocycles. The zero-order valence-corrected chi connectivity index (χ0v) is 15.0. The van der Waals surface area contributed by atoms with E-state index < -0.39 is 17.9 Å². The highest BCUT2D eigenvalue weighted by Gasteiger charge is 2.23. The molecular formula is C20H22N2O4. The lowest BCUT2D eigenvalue weighted by molar-refractivity contribution is -0.142. The first kappa shape index (κ1) is 19.2. The molecule has 2 rings (SSSR count). The van der Waals surface area contributed by atoms with E-state index in [9.17, 15) is 14.4 Å². The van der Waals surface area contributed by atoms with E-state index in [-0.39, 0.29) is 5.91 Å². The first-order chi connectivity index (χ1) is 12.4. The second-order valence-electron chi connectivity index (χ2n) is 5.94. The zero-order chi connectivity index (χ0) is 19.1. The summed E-state index contributed by atoms with van der Waals surface area (Å²) in [5.74, 6) is -1.16. The largest absolute Gasteiger partial charge is 0.467 e. The maximum atomic E-state index is 12.6. The van der Waals surface area contributed by atoms with Gasteiger partial charge in [-0.3, -0.25) is 9.59 Å². The van der Waals surface area contributed by atoms with Crippen molar-refractivity contribution in [3.63, 3.8) is 0 Å². The zero-order valence-electron chi connectivity index (χ0n) is 15.0. The van der Waals surface area contributed by atoms with Crippen molar-refractivity contribution in [2.45, 2.75) is 26.3 Å². The van der Waals surface area contributed by atoms with Crippen molar-refractivity contribution in [1.29, 1.82) is 0 Å². The van der Waals surface area contributed by atoms with Gasteiger partial charge in [0.15, 0.2) is 0 Å². The van der Waals surface area contributed by atoms with Crippen molar-refractivity contribution in [3.05, 3.63) is 65.2 Å². The Balaban J connectivity index is 2.17. The van der Waals surface area contributed by atoms with Gasteiger partial charge < -0.3 is 15.4 Å². The van der Waals surface area contributed by atoms with E-state index in [1.54, 1.807) is 24.3 Å². The Morgan fingerprint density at radius 3 is 2.46 bits per heavy atom.